The van der Waals surface area contributed by atoms with Crippen molar-refractivity contribution in [1.82, 2.24) is 9.80 Å². The lowest BCUT2D eigenvalue weighted by Gasteiger charge is -2.24. The highest BCUT2D eigenvalue weighted by atomic mass is 19.4. The highest BCUT2D eigenvalue weighted by Gasteiger charge is 2.37. The second-order valence-electron chi connectivity index (χ2n) is 5.49. The molecule has 2 atom stereocenters. The van der Waals surface area contributed by atoms with Crippen LogP contribution < -0.4 is 0 Å². The molecular formula is C13H23F3N2O. The molecule has 1 aliphatic rings. The van der Waals surface area contributed by atoms with E-state index in [-0.39, 0.29) is 11.9 Å². The Bertz CT molecular complexity index is 305. The molecule has 0 aromatic carbocycles. The first-order valence-corrected chi connectivity index (χ1v) is 6.75. The summed E-state index contributed by atoms with van der Waals surface area (Å²) < 4.78 is 36.4. The van der Waals surface area contributed by atoms with Crippen LogP contribution in [-0.4, -0.2) is 55.1 Å². The van der Waals surface area contributed by atoms with Crippen molar-refractivity contribution < 1.29 is 18.0 Å². The van der Waals surface area contributed by atoms with Gasteiger partial charge in [-0.05, 0) is 26.4 Å². The molecule has 0 aromatic heterocycles. The van der Waals surface area contributed by atoms with Crippen LogP contribution >= 0.6 is 0 Å². The highest BCUT2D eigenvalue weighted by molar-refractivity contribution is 5.76. The Morgan fingerprint density at radius 2 is 1.95 bits per heavy atom. The van der Waals surface area contributed by atoms with Gasteiger partial charge in [0.1, 0.15) is 0 Å². The molecule has 112 valence electrons. The maximum absolute atomic E-state index is 12.1. The zero-order valence-electron chi connectivity index (χ0n) is 11.8. The van der Waals surface area contributed by atoms with Crippen molar-refractivity contribution >= 4 is 5.91 Å². The Hall–Kier alpha value is -0.780. The van der Waals surface area contributed by atoms with Crippen LogP contribution in [0.2, 0.25) is 0 Å². The number of rotatable bonds is 5. The van der Waals surface area contributed by atoms with E-state index in [0.717, 1.165) is 12.8 Å². The van der Waals surface area contributed by atoms with E-state index in [1.165, 1.54) is 0 Å². The number of hydrogen-bond acceptors (Lipinski definition) is 2. The summed E-state index contributed by atoms with van der Waals surface area (Å²) >= 11 is 0. The molecule has 1 aliphatic heterocycles. The van der Waals surface area contributed by atoms with E-state index >= 15 is 0 Å². The normalized spacial score (nSPS) is 24.3. The molecule has 1 saturated heterocycles. The van der Waals surface area contributed by atoms with Gasteiger partial charge in [0.25, 0.3) is 0 Å². The molecule has 0 spiro atoms. The third kappa shape index (κ3) is 5.01. The van der Waals surface area contributed by atoms with Gasteiger partial charge >= 0.3 is 6.18 Å². The summed E-state index contributed by atoms with van der Waals surface area (Å²) in [6.07, 6.45) is -3.67. The van der Waals surface area contributed by atoms with Crippen molar-refractivity contribution in [2.45, 2.75) is 44.8 Å². The van der Waals surface area contributed by atoms with Gasteiger partial charge in [0, 0.05) is 25.6 Å². The molecule has 0 N–H and O–H groups in total. The molecule has 0 aliphatic carbocycles. The average molecular weight is 280 g/mol. The topological polar surface area (TPSA) is 23.6 Å². The van der Waals surface area contributed by atoms with Crippen LogP contribution in [0.25, 0.3) is 0 Å². The SMILES string of the molecule is CCC[C@H]1CN(C(=O)CCC(F)(F)F)C[C@@H]1N(C)C. The van der Waals surface area contributed by atoms with Crippen molar-refractivity contribution in [2.75, 3.05) is 27.2 Å². The van der Waals surface area contributed by atoms with Gasteiger partial charge in [-0.15, -0.1) is 0 Å². The molecule has 1 amide bonds. The monoisotopic (exact) mass is 280 g/mol. The van der Waals surface area contributed by atoms with E-state index in [9.17, 15) is 18.0 Å². The fourth-order valence-corrected chi connectivity index (χ4v) is 2.70. The van der Waals surface area contributed by atoms with Crippen LogP contribution in [0.15, 0.2) is 0 Å². The molecule has 19 heavy (non-hydrogen) atoms. The second kappa shape index (κ2) is 6.59. The number of hydrogen-bond donors (Lipinski definition) is 0. The molecule has 0 saturated carbocycles. The Kier molecular flexibility index (Phi) is 5.64. The average Bonchev–Trinajstić information content (AvgIpc) is 2.69. The lowest BCUT2D eigenvalue weighted by molar-refractivity contribution is -0.148. The quantitative estimate of drug-likeness (QED) is 0.772. The second-order valence-corrected chi connectivity index (χ2v) is 5.49. The van der Waals surface area contributed by atoms with Crippen molar-refractivity contribution in [3.8, 4) is 0 Å². The number of amides is 1. The van der Waals surface area contributed by atoms with Crippen molar-refractivity contribution in [3.05, 3.63) is 0 Å². The summed E-state index contributed by atoms with van der Waals surface area (Å²) in [4.78, 5) is 15.5. The molecule has 0 radical (unpaired) electrons. The Morgan fingerprint density at radius 3 is 2.42 bits per heavy atom. The molecule has 6 heteroatoms. The number of likely N-dealkylation sites (N-methyl/N-ethyl adjacent to an activating group) is 1. The lowest BCUT2D eigenvalue weighted by atomic mass is 9.98. The van der Waals surface area contributed by atoms with Crippen LogP contribution in [0.5, 0.6) is 0 Å². The molecule has 0 bridgehead atoms. The number of nitrogens with zero attached hydrogens (tertiary/aromatic N) is 2. The third-order valence-electron chi connectivity index (χ3n) is 3.70. The zero-order chi connectivity index (χ0) is 14.6. The number of likely N-dealkylation sites (tertiary alicyclic amines) is 1. The number of halogens is 3. The zero-order valence-corrected chi connectivity index (χ0v) is 11.8. The largest absolute Gasteiger partial charge is 0.389 e. The van der Waals surface area contributed by atoms with Crippen LogP contribution in [0.1, 0.15) is 32.6 Å². The predicted molar refractivity (Wildman–Crippen MR) is 67.7 cm³/mol. The Balaban J connectivity index is 2.54. The standard InChI is InChI=1S/C13H23F3N2O/c1-4-5-10-8-18(9-11(10)17(2)3)12(19)6-7-13(14,15)16/h10-11H,4-9H2,1-3H3/t10-,11-/m0/s1. The fraction of sp³-hybridized carbons (Fsp3) is 0.923. The van der Waals surface area contributed by atoms with Gasteiger partial charge < -0.3 is 9.80 Å². The van der Waals surface area contributed by atoms with Gasteiger partial charge in [-0.3, -0.25) is 4.79 Å². The molecule has 0 unspecified atom stereocenters. The summed E-state index contributed by atoms with van der Waals surface area (Å²) in [5.41, 5.74) is 0. The summed E-state index contributed by atoms with van der Waals surface area (Å²) in [6, 6.07) is 0.259. The minimum Gasteiger partial charge on any atom is -0.341 e. The molecule has 0 aromatic rings. The highest BCUT2D eigenvalue weighted by Crippen LogP contribution is 2.27. The minimum absolute atomic E-state index is 0.259. The molecular weight excluding hydrogens is 257 g/mol. The molecule has 3 nitrogen and oxygen atoms in total. The van der Waals surface area contributed by atoms with Gasteiger partial charge in [-0.1, -0.05) is 13.3 Å². The van der Waals surface area contributed by atoms with Crippen LogP contribution in [-0.2, 0) is 4.79 Å². The van der Waals surface area contributed by atoms with E-state index in [4.69, 9.17) is 0 Å². The van der Waals surface area contributed by atoms with Crippen molar-refractivity contribution in [2.24, 2.45) is 5.92 Å². The third-order valence-corrected chi connectivity index (χ3v) is 3.70. The maximum atomic E-state index is 12.1. The van der Waals surface area contributed by atoms with E-state index in [2.05, 4.69) is 11.8 Å². The summed E-state index contributed by atoms with van der Waals surface area (Å²) in [7, 11) is 3.91. The van der Waals surface area contributed by atoms with E-state index < -0.39 is 19.0 Å². The van der Waals surface area contributed by atoms with Crippen molar-refractivity contribution in [1.29, 1.82) is 0 Å². The van der Waals surface area contributed by atoms with E-state index in [1.807, 2.05) is 14.1 Å². The summed E-state index contributed by atoms with van der Waals surface area (Å²) in [5, 5.41) is 0. The maximum Gasteiger partial charge on any atom is 0.389 e. The number of alkyl halides is 3. The van der Waals surface area contributed by atoms with Gasteiger partial charge in [0.15, 0.2) is 0 Å². The fourth-order valence-electron chi connectivity index (χ4n) is 2.70. The predicted octanol–water partition coefficient (Wildman–Crippen LogP) is 2.52. The molecule has 1 heterocycles. The van der Waals surface area contributed by atoms with Gasteiger partial charge in [-0.25, -0.2) is 0 Å². The first-order valence-electron chi connectivity index (χ1n) is 6.75. The van der Waals surface area contributed by atoms with Crippen LogP contribution in [0.4, 0.5) is 13.2 Å². The Labute approximate surface area is 112 Å². The van der Waals surface area contributed by atoms with E-state index in [0.29, 0.717) is 19.0 Å². The number of carbonyl (C=O) groups excluding carboxylic acids is 1. The van der Waals surface area contributed by atoms with Crippen molar-refractivity contribution in [3.63, 3.8) is 0 Å². The first kappa shape index (κ1) is 16.3. The lowest BCUT2D eigenvalue weighted by Crippen LogP contribution is -2.36. The smallest absolute Gasteiger partial charge is 0.341 e. The first-order chi connectivity index (χ1) is 8.74. The summed E-state index contributed by atoms with van der Waals surface area (Å²) in [5.74, 6) is -0.00221. The number of carbonyl (C=O) groups is 1. The summed E-state index contributed by atoms with van der Waals surface area (Å²) in [6.45, 7) is 3.22. The minimum atomic E-state index is -4.25. The Morgan fingerprint density at radius 1 is 1.32 bits per heavy atom. The molecule has 1 fully saturated rings. The van der Waals surface area contributed by atoms with E-state index in [1.54, 1.807) is 4.90 Å². The van der Waals surface area contributed by atoms with Crippen LogP contribution in [0.3, 0.4) is 0 Å². The van der Waals surface area contributed by atoms with Gasteiger partial charge in [-0.2, -0.15) is 13.2 Å². The molecule has 1 rings (SSSR count). The van der Waals surface area contributed by atoms with Gasteiger partial charge in [0.2, 0.25) is 5.91 Å². The van der Waals surface area contributed by atoms with Gasteiger partial charge in [0.05, 0.1) is 6.42 Å². The van der Waals surface area contributed by atoms with Crippen LogP contribution in [0, 0.1) is 5.92 Å².